The third-order valence-corrected chi connectivity index (χ3v) is 3.16. The van der Waals surface area contributed by atoms with Gasteiger partial charge in [0.15, 0.2) is 0 Å². The number of aryl methyl sites for hydroxylation is 1. The fraction of sp³-hybridized carbons (Fsp3) is 0.176. The Morgan fingerprint density at radius 2 is 1.65 bits per heavy atom. The predicted octanol–water partition coefficient (Wildman–Crippen LogP) is 4.56. The molecule has 0 nitrogen and oxygen atoms in total. The molecule has 0 saturated carbocycles. The van der Waals surface area contributed by atoms with E-state index in [1.165, 1.54) is 22.3 Å². The van der Waals surface area contributed by atoms with Crippen LogP contribution in [-0.2, 0) is 6.42 Å². The molecule has 0 aliphatic heterocycles. The molecule has 86 valence electrons. The van der Waals surface area contributed by atoms with Crippen molar-refractivity contribution in [3.63, 3.8) is 0 Å². The van der Waals surface area contributed by atoms with E-state index in [-0.39, 0.29) is 0 Å². The van der Waals surface area contributed by atoms with Crippen molar-refractivity contribution in [2.75, 3.05) is 0 Å². The van der Waals surface area contributed by atoms with Gasteiger partial charge in [-0.3, -0.25) is 0 Å². The van der Waals surface area contributed by atoms with Gasteiger partial charge in [-0.25, -0.2) is 0 Å². The monoisotopic (exact) mass is 222 g/mol. The Bertz CT molecular complexity index is 507. The molecule has 0 aliphatic rings. The fourth-order valence-electron chi connectivity index (χ4n) is 1.92. The van der Waals surface area contributed by atoms with Gasteiger partial charge in [0.05, 0.1) is 0 Å². The number of hydrogen-bond donors (Lipinski definition) is 0. The van der Waals surface area contributed by atoms with E-state index < -0.39 is 0 Å². The summed E-state index contributed by atoms with van der Waals surface area (Å²) >= 11 is 0. The van der Waals surface area contributed by atoms with E-state index in [2.05, 4.69) is 68.5 Å². The molecule has 2 aromatic rings. The number of benzene rings is 2. The molecule has 0 aliphatic carbocycles. The summed E-state index contributed by atoms with van der Waals surface area (Å²) in [4.78, 5) is 0. The molecule has 0 unspecified atom stereocenters. The van der Waals surface area contributed by atoms with Crippen molar-refractivity contribution in [3.05, 3.63) is 76.9 Å². The van der Waals surface area contributed by atoms with E-state index in [9.17, 15) is 0 Å². The van der Waals surface area contributed by atoms with Gasteiger partial charge in [0.25, 0.3) is 0 Å². The summed E-state index contributed by atoms with van der Waals surface area (Å²) in [6.07, 6.45) is 5.42. The molecule has 0 fully saturated rings. The van der Waals surface area contributed by atoms with Crippen LogP contribution in [0.5, 0.6) is 0 Å². The lowest BCUT2D eigenvalue weighted by atomic mass is 10.0. The Labute approximate surface area is 104 Å². The third kappa shape index (κ3) is 3.07. The number of rotatable bonds is 3. The Morgan fingerprint density at radius 1 is 0.882 bits per heavy atom. The highest BCUT2D eigenvalue weighted by Crippen LogP contribution is 2.14. The van der Waals surface area contributed by atoms with Gasteiger partial charge in [-0.05, 0) is 42.5 Å². The highest BCUT2D eigenvalue weighted by molar-refractivity contribution is 5.49. The molecule has 0 atom stereocenters. The van der Waals surface area contributed by atoms with E-state index in [1.807, 2.05) is 6.07 Å². The maximum atomic E-state index is 2.23. The molecular formula is C17H18. The Balaban J connectivity index is 2.08. The van der Waals surface area contributed by atoms with Gasteiger partial charge in [-0.2, -0.15) is 0 Å². The minimum absolute atomic E-state index is 1.00. The van der Waals surface area contributed by atoms with Gasteiger partial charge >= 0.3 is 0 Å². The first-order valence-corrected chi connectivity index (χ1v) is 6.04. The molecule has 0 bridgehead atoms. The Hall–Kier alpha value is -1.82. The zero-order valence-corrected chi connectivity index (χ0v) is 10.5. The fourth-order valence-corrected chi connectivity index (χ4v) is 1.92. The maximum absolute atomic E-state index is 2.23. The van der Waals surface area contributed by atoms with Crippen molar-refractivity contribution in [3.8, 4) is 0 Å². The Morgan fingerprint density at radius 3 is 2.41 bits per heavy atom. The molecule has 0 radical (unpaired) electrons. The summed E-state index contributed by atoms with van der Waals surface area (Å²) in [7, 11) is 0. The smallest absolute Gasteiger partial charge is 0.00914 e. The van der Waals surface area contributed by atoms with Crippen LogP contribution in [0.15, 0.2) is 54.6 Å². The molecule has 0 amide bonds. The molecule has 2 rings (SSSR count). The molecule has 17 heavy (non-hydrogen) atoms. The van der Waals surface area contributed by atoms with Gasteiger partial charge in [-0.1, -0.05) is 60.7 Å². The topological polar surface area (TPSA) is 0 Å². The van der Waals surface area contributed by atoms with Crippen LogP contribution in [0.4, 0.5) is 0 Å². The molecule has 2 aromatic carbocycles. The Kier molecular flexibility index (Phi) is 3.77. The van der Waals surface area contributed by atoms with Gasteiger partial charge in [0.1, 0.15) is 0 Å². The van der Waals surface area contributed by atoms with Crippen molar-refractivity contribution < 1.29 is 0 Å². The lowest BCUT2D eigenvalue weighted by molar-refractivity contribution is 1.18. The highest BCUT2D eigenvalue weighted by atomic mass is 14.0. The molecule has 0 heteroatoms. The normalized spacial score (nSPS) is 10.9. The van der Waals surface area contributed by atoms with Crippen LogP contribution in [0, 0.1) is 13.8 Å². The van der Waals surface area contributed by atoms with Crippen LogP contribution in [-0.4, -0.2) is 0 Å². The van der Waals surface area contributed by atoms with Crippen LogP contribution in [0.3, 0.4) is 0 Å². The third-order valence-electron chi connectivity index (χ3n) is 3.16. The number of allylic oxidation sites excluding steroid dienone is 1. The average molecular weight is 222 g/mol. The summed E-state index contributed by atoms with van der Waals surface area (Å²) in [6, 6.07) is 16.9. The van der Waals surface area contributed by atoms with Gasteiger partial charge in [-0.15, -0.1) is 0 Å². The standard InChI is InChI=1S/C17H18/c1-14-8-6-12-17(15(14)2)13-7-11-16-9-4-3-5-10-16/h3-12H,13H2,1-2H3/b11-7-. The minimum atomic E-state index is 1.00. The number of hydrogen-bond acceptors (Lipinski definition) is 0. The van der Waals surface area contributed by atoms with Crippen LogP contribution in [0.1, 0.15) is 22.3 Å². The zero-order valence-electron chi connectivity index (χ0n) is 10.5. The second kappa shape index (κ2) is 5.49. The summed E-state index contributed by atoms with van der Waals surface area (Å²) in [5.41, 5.74) is 5.45. The quantitative estimate of drug-likeness (QED) is 0.714. The van der Waals surface area contributed by atoms with Gasteiger partial charge < -0.3 is 0 Å². The van der Waals surface area contributed by atoms with Gasteiger partial charge in [0.2, 0.25) is 0 Å². The van der Waals surface area contributed by atoms with Crippen molar-refractivity contribution in [1.29, 1.82) is 0 Å². The average Bonchev–Trinajstić information content (AvgIpc) is 2.36. The second-order valence-electron chi connectivity index (χ2n) is 4.38. The van der Waals surface area contributed by atoms with Crippen molar-refractivity contribution in [1.82, 2.24) is 0 Å². The summed E-state index contributed by atoms with van der Waals surface area (Å²) < 4.78 is 0. The van der Waals surface area contributed by atoms with E-state index >= 15 is 0 Å². The molecular weight excluding hydrogens is 204 g/mol. The van der Waals surface area contributed by atoms with Crippen molar-refractivity contribution in [2.24, 2.45) is 0 Å². The molecule has 0 aromatic heterocycles. The lowest BCUT2D eigenvalue weighted by Gasteiger charge is -2.05. The summed E-state index contributed by atoms with van der Waals surface area (Å²) in [5.74, 6) is 0. The maximum Gasteiger partial charge on any atom is -0.00914 e. The van der Waals surface area contributed by atoms with Gasteiger partial charge in [0, 0.05) is 0 Å². The zero-order chi connectivity index (χ0) is 12.1. The SMILES string of the molecule is Cc1cccc(C/C=C\c2ccccc2)c1C. The van der Waals surface area contributed by atoms with Crippen LogP contribution in [0.2, 0.25) is 0 Å². The van der Waals surface area contributed by atoms with Crippen LogP contribution >= 0.6 is 0 Å². The molecule has 0 heterocycles. The first kappa shape index (κ1) is 11.7. The second-order valence-corrected chi connectivity index (χ2v) is 4.38. The van der Waals surface area contributed by atoms with Crippen molar-refractivity contribution in [2.45, 2.75) is 20.3 Å². The predicted molar refractivity (Wildman–Crippen MR) is 75.1 cm³/mol. The van der Waals surface area contributed by atoms with E-state index in [4.69, 9.17) is 0 Å². The van der Waals surface area contributed by atoms with E-state index in [1.54, 1.807) is 0 Å². The largest absolute Gasteiger partial charge is 0.0795 e. The van der Waals surface area contributed by atoms with E-state index in [0.29, 0.717) is 0 Å². The van der Waals surface area contributed by atoms with Crippen LogP contribution in [0.25, 0.3) is 6.08 Å². The molecule has 0 N–H and O–H groups in total. The first-order valence-electron chi connectivity index (χ1n) is 6.04. The highest BCUT2D eigenvalue weighted by Gasteiger charge is 1.97. The van der Waals surface area contributed by atoms with Crippen molar-refractivity contribution >= 4 is 6.08 Å². The molecule has 0 saturated heterocycles. The molecule has 0 spiro atoms. The summed E-state index contributed by atoms with van der Waals surface area (Å²) in [5, 5.41) is 0. The first-order chi connectivity index (χ1) is 8.27. The van der Waals surface area contributed by atoms with Crippen LogP contribution < -0.4 is 0 Å². The summed E-state index contributed by atoms with van der Waals surface area (Å²) in [6.45, 7) is 4.36. The lowest BCUT2D eigenvalue weighted by Crippen LogP contribution is -1.89. The van der Waals surface area contributed by atoms with E-state index in [0.717, 1.165) is 6.42 Å². The minimum Gasteiger partial charge on any atom is -0.0795 e.